The number of carbonyl (C=O) groups excluding carboxylic acids is 1. The quantitative estimate of drug-likeness (QED) is 0.508. The number of aromatic nitrogens is 3. The predicted molar refractivity (Wildman–Crippen MR) is 123 cm³/mol. The summed E-state index contributed by atoms with van der Waals surface area (Å²) >= 11 is 6.48. The van der Waals surface area contributed by atoms with Crippen LogP contribution in [0.2, 0.25) is 5.02 Å². The number of piperidine rings is 1. The number of nitrogens with one attached hydrogen (secondary N) is 1. The normalized spacial score (nSPS) is 18.6. The third-order valence-corrected chi connectivity index (χ3v) is 6.31. The van der Waals surface area contributed by atoms with Gasteiger partial charge in [-0.3, -0.25) is 4.79 Å². The fourth-order valence-corrected chi connectivity index (χ4v) is 4.45. The Morgan fingerprint density at radius 2 is 1.91 bits per heavy atom. The summed E-state index contributed by atoms with van der Waals surface area (Å²) in [5.74, 6) is 0.654. The van der Waals surface area contributed by atoms with Crippen LogP contribution in [-0.2, 0) is 6.18 Å². The predicted octanol–water partition coefficient (Wildman–Crippen LogP) is 5.56. The molecule has 1 fully saturated rings. The topological polar surface area (TPSA) is 71.0 Å². The van der Waals surface area contributed by atoms with Crippen molar-refractivity contribution < 1.29 is 18.0 Å². The van der Waals surface area contributed by atoms with E-state index in [9.17, 15) is 18.0 Å². The second-order valence-corrected chi connectivity index (χ2v) is 8.64. The monoisotopic (exact) mass is 489 g/mol. The lowest BCUT2D eigenvalue weighted by Crippen LogP contribution is -2.51. The van der Waals surface area contributed by atoms with E-state index >= 15 is 0 Å². The van der Waals surface area contributed by atoms with E-state index in [4.69, 9.17) is 11.6 Å². The standard InChI is InChI=1S/C24H23ClF3N5O/c1-15-5-3-12-33(19(15)14-32-20-9-8-16(13-31-20)24(26,27)28)23(34)21-17(6-2-7-18(21)25)22-29-10-4-11-30-22/h2,4,6-11,13,15,19H,3,5,12,14H2,1H3,(H,31,32). The Bertz CT molecular complexity index is 1140. The minimum absolute atomic E-state index is 0.165. The van der Waals surface area contributed by atoms with Crippen molar-refractivity contribution in [2.24, 2.45) is 5.92 Å². The first kappa shape index (κ1) is 23.9. The molecule has 1 aromatic carbocycles. The fourth-order valence-electron chi connectivity index (χ4n) is 4.20. The van der Waals surface area contributed by atoms with Crippen LogP contribution in [0.25, 0.3) is 11.4 Å². The number of anilines is 1. The van der Waals surface area contributed by atoms with E-state index in [1.54, 1.807) is 41.6 Å². The summed E-state index contributed by atoms with van der Waals surface area (Å²) in [4.78, 5) is 28.0. The van der Waals surface area contributed by atoms with Gasteiger partial charge >= 0.3 is 6.18 Å². The number of hydrogen-bond acceptors (Lipinski definition) is 5. The van der Waals surface area contributed by atoms with E-state index in [1.165, 1.54) is 6.07 Å². The van der Waals surface area contributed by atoms with Crippen LogP contribution >= 0.6 is 11.6 Å². The van der Waals surface area contributed by atoms with Gasteiger partial charge in [0.2, 0.25) is 0 Å². The van der Waals surface area contributed by atoms with E-state index < -0.39 is 11.7 Å². The van der Waals surface area contributed by atoms with E-state index in [0.717, 1.165) is 25.1 Å². The van der Waals surface area contributed by atoms with Crippen LogP contribution in [0, 0.1) is 5.92 Å². The SMILES string of the molecule is CC1CCCN(C(=O)c2c(Cl)cccc2-c2ncccn2)C1CNc1ccc(C(F)(F)F)cn1. The molecule has 2 aromatic heterocycles. The molecule has 178 valence electrons. The number of pyridine rings is 1. The highest BCUT2D eigenvalue weighted by molar-refractivity contribution is 6.34. The van der Waals surface area contributed by atoms with Gasteiger partial charge < -0.3 is 10.2 Å². The number of carbonyl (C=O) groups is 1. The fraction of sp³-hybridized carbons (Fsp3) is 0.333. The van der Waals surface area contributed by atoms with Gasteiger partial charge in [0.05, 0.1) is 22.2 Å². The third kappa shape index (κ3) is 5.14. The van der Waals surface area contributed by atoms with Gasteiger partial charge in [0.15, 0.2) is 5.82 Å². The number of rotatable bonds is 5. The third-order valence-electron chi connectivity index (χ3n) is 5.99. The Balaban J connectivity index is 1.58. The maximum Gasteiger partial charge on any atom is 0.417 e. The van der Waals surface area contributed by atoms with Crippen molar-refractivity contribution in [3.8, 4) is 11.4 Å². The van der Waals surface area contributed by atoms with Crippen molar-refractivity contribution in [2.45, 2.75) is 32.0 Å². The van der Waals surface area contributed by atoms with E-state index in [1.807, 2.05) is 0 Å². The molecule has 3 heterocycles. The average Bonchev–Trinajstić information content (AvgIpc) is 2.83. The van der Waals surface area contributed by atoms with Crippen molar-refractivity contribution in [1.82, 2.24) is 19.9 Å². The minimum atomic E-state index is -4.44. The Kier molecular flexibility index (Phi) is 7.02. The van der Waals surface area contributed by atoms with Gasteiger partial charge in [0.25, 0.3) is 5.91 Å². The van der Waals surface area contributed by atoms with Crippen molar-refractivity contribution in [3.05, 3.63) is 71.1 Å². The van der Waals surface area contributed by atoms with Crippen molar-refractivity contribution in [3.63, 3.8) is 0 Å². The molecule has 1 N–H and O–H groups in total. The molecule has 2 atom stereocenters. The first-order chi connectivity index (χ1) is 16.3. The number of alkyl halides is 3. The lowest BCUT2D eigenvalue weighted by Gasteiger charge is -2.40. The molecule has 1 amide bonds. The number of nitrogens with zero attached hydrogens (tertiary/aromatic N) is 4. The summed E-state index contributed by atoms with van der Waals surface area (Å²) < 4.78 is 38.4. The highest BCUT2D eigenvalue weighted by Crippen LogP contribution is 2.32. The molecule has 3 aromatic rings. The van der Waals surface area contributed by atoms with Crippen molar-refractivity contribution >= 4 is 23.3 Å². The van der Waals surface area contributed by atoms with E-state index in [0.29, 0.717) is 40.9 Å². The second-order valence-electron chi connectivity index (χ2n) is 8.23. The smallest absolute Gasteiger partial charge is 0.368 e. The zero-order chi connectivity index (χ0) is 24.3. The van der Waals surface area contributed by atoms with Gasteiger partial charge in [-0.25, -0.2) is 15.0 Å². The molecule has 0 radical (unpaired) electrons. The van der Waals surface area contributed by atoms with Crippen LogP contribution in [-0.4, -0.2) is 44.9 Å². The summed E-state index contributed by atoms with van der Waals surface area (Å²) in [6, 6.07) is 8.94. The van der Waals surface area contributed by atoms with Crippen LogP contribution in [0.3, 0.4) is 0 Å². The van der Waals surface area contributed by atoms with Crippen LogP contribution in [0.15, 0.2) is 55.0 Å². The number of halogens is 4. The zero-order valence-electron chi connectivity index (χ0n) is 18.4. The largest absolute Gasteiger partial charge is 0.417 e. The molecular weight excluding hydrogens is 467 g/mol. The van der Waals surface area contributed by atoms with E-state index in [-0.39, 0.29) is 17.9 Å². The molecule has 0 aliphatic carbocycles. The van der Waals surface area contributed by atoms with Gasteiger partial charge in [-0.2, -0.15) is 13.2 Å². The van der Waals surface area contributed by atoms with Gasteiger partial charge in [-0.15, -0.1) is 0 Å². The second kappa shape index (κ2) is 9.97. The van der Waals surface area contributed by atoms with Crippen LogP contribution in [0.4, 0.5) is 19.0 Å². The summed E-state index contributed by atoms with van der Waals surface area (Å²) in [7, 11) is 0. The Morgan fingerprint density at radius 1 is 1.15 bits per heavy atom. The van der Waals surface area contributed by atoms with Gasteiger partial charge in [0, 0.05) is 37.2 Å². The molecule has 4 rings (SSSR count). The maximum absolute atomic E-state index is 13.8. The molecule has 1 aliphatic heterocycles. The molecule has 0 bridgehead atoms. The summed E-state index contributed by atoms with van der Waals surface area (Å²) in [6.07, 6.45) is 1.32. The molecule has 6 nitrogen and oxygen atoms in total. The lowest BCUT2D eigenvalue weighted by atomic mass is 9.89. The summed E-state index contributed by atoms with van der Waals surface area (Å²) in [5, 5.41) is 3.40. The average molecular weight is 490 g/mol. The van der Waals surface area contributed by atoms with Crippen molar-refractivity contribution in [2.75, 3.05) is 18.4 Å². The molecular formula is C24H23ClF3N5O. The van der Waals surface area contributed by atoms with Gasteiger partial charge in [-0.05, 0) is 43.0 Å². The summed E-state index contributed by atoms with van der Waals surface area (Å²) in [5.41, 5.74) is 0.0739. The molecule has 34 heavy (non-hydrogen) atoms. The van der Waals surface area contributed by atoms with E-state index in [2.05, 4.69) is 27.2 Å². The Hall–Kier alpha value is -3.20. The van der Waals surface area contributed by atoms with Gasteiger partial charge in [-0.1, -0.05) is 30.7 Å². The van der Waals surface area contributed by atoms with Crippen LogP contribution in [0.5, 0.6) is 0 Å². The molecule has 10 heteroatoms. The molecule has 0 spiro atoms. The molecule has 1 saturated heterocycles. The number of amides is 1. The maximum atomic E-state index is 13.8. The number of benzene rings is 1. The number of likely N-dealkylation sites (tertiary alicyclic amines) is 1. The zero-order valence-corrected chi connectivity index (χ0v) is 19.1. The van der Waals surface area contributed by atoms with Gasteiger partial charge in [0.1, 0.15) is 5.82 Å². The highest BCUT2D eigenvalue weighted by Gasteiger charge is 2.35. The van der Waals surface area contributed by atoms with Crippen LogP contribution in [0.1, 0.15) is 35.7 Å². The first-order valence-electron chi connectivity index (χ1n) is 10.9. The Labute approximate surface area is 200 Å². The first-order valence-corrected chi connectivity index (χ1v) is 11.3. The van der Waals surface area contributed by atoms with Crippen molar-refractivity contribution in [1.29, 1.82) is 0 Å². The summed E-state index contributed by atoms with van der Waals surface area (Å²) in [6.45, 7) is 2.93. The minimum Gasteiger partial charge on any atom is -0.368 e. The number of hydrogen-bond donors (Lipinski definition) is 1. The molecule has 0 saturated carbocycles. The highest BCUT2D eigenvalue weighted by atomic mass is 35.5. The lowest BCUT2D eigenvalue weighted by molar-refractivity contribution is -0.137. The molecule has 2 unspecified atom stereocenters. The molecule has 1 aliphatic rings. The Morgan fingerprint density at radius 3 is 2.59 bits per heavy atom. The van der Waals surface area contributed by atoms with Crippen LogP contribution < -0.4 is 5.32 Å².